The molecule has 0 bridgehead atoms. The van der Waals surface area contributed by atoms with E-state index in [4.69, 9.17) is 0 Å². The second-order valence-corrected chi connectivity index (χ2v) is 10.4. The second kappa shape index (κ2) is 9.65. The number of rotatable bonds is 7. The molecule has 0 radical (unpaired) electrons. The molecule has 33 heavy (non-hydrogen) atoms. The zero-order valence-electron chi connectivity index (χ0n) is 18.4. The molecule has 1 atom stereocenters. The maximum absolute atomic E-state index is 13.3. The van der Waals surface area contributed by atoms with Gasteiger partial charge in [-0.1, -0.05) is 12.1 Å². The van der Waals surface area contributed by atoms with Crippen molar-refractivity contribution in [2.75, 3.05) is 34.9 Å². The Morgan fingerprint density at radius 3 is 2.45 bits per heavy atom. The van der Waals surface area contributed by atoms with Crippen molar-refractivity contribution in [3.05, 3.63) is 60.3 Å². The number of benzene rings is 1. The predicted molar refractivity (Wildman–Crippen MR) is 126 cm³/mol. The minimum absolute atomic E-state index is 0.166. The molecule has 1 aliphatic rings. The first-order valence-corrected chi connectivity index (χ1v) is 12.6. The van der Waals surface area contributed by atoms with Crippen molar-refractivity contribution < 1.29 is 12.8 Å². The molecule has 1 aromatic carbocycles. The molecular weight excluding hydrogens is 445 g/mol. The molecule has 1 aliphatic heterocycles. The summed E-state index contributed by atoms with van der Waals surface area (Å²) in [5.74, 6) is 1.84. The molecule has 0 amide bonds. The predicted octanol–water partition coefficient (Wildman–Crippen LogP) is 3.34. The topological polar surface area (TPSA) is 113 Å². The van der Waals surface area contributed by atoms with Gasteiger partial charge < -0.3 is 15.5 Å². The minimum atomic E-state index is -3.06. The SMILES string of the molecule is C[C@H](Nc1nc(Nc2cnccn2)cc(N2CCC(S(C)(=O)=O)CC2)n1)c1ccc(F)cc1. The summed E-state index contributed by atoms with van der Waals surface area (Å²) < 4.78 is 37.1. The van der Waals surface area contributed by atoms with Gasteiger partial charge in [-0.25, -0.2) is 17.8 Å². The Kier molecular flexibility index (Phi) is 6.68. The molecule has 2 N–H and O–H groups in total. The van der Waals surface area contributed by atoms with Crippen molar-refractivity contribution in [1.29, 1.82) is 0 Å². The first-order chi connectivity index (χ1) is 15.8. The van der Waals surface area contributed by atoms with Gasteiger partial charge in [0.1, 0.15) is 33.1 Å². The van der Waals surface area contributed by atoms with Crippen LogP contribution in [0.2, 0.25) is 0 Å². The van der Waals surface area contributed by atoms with Crippen LogP contribution in [-0.4, -0.2) is 52.9 Å². The Morgan fingerprint density at radius 1 is 1.09 bits per heavy atom. The van der Waals surface area contributed by atoms with Crippen LogP contribution in [0, 0.1) is 5.82 Å². The highest BCUT2D eigenvalue weighted by Crippen LogP contribution is 2.27. The van der Waals surface area contributed by atoms with E-state index in [0.29, 0.717) is 49.3 Å². The van der Waals surface area contributed by atoms with Gasteiger partial charge in [0.15, 0.2) is 0 Å². The van der Waals surface area contributed by atoms with Crippen LogP contribution >= 0.6 is 0 Å². The van der Waals surface area contributed by atoms with Crippen LogP contribution in [0.4, 0.5) is 27.8 Å². The number of sulfone groups is 1. The highest BCUT2D eigenvalue weighted by atomic mass is 32.2. The Balaban J connectivity index is 1.58. The van der Waals surface area contributed by atoms with Crippen molar-refractivity contribution in [3.63, 3.8) is 0 Å². The van der Waals surface area contributed by atoms with E-state index < -0.39 is 9.84 Å². The van der Waals surface area contributed by atoms with E-state index in [2.05, 4.69) is 35.5 Å². The molecule has 0 unspecified atom stereocenters. The summed E-state index contributed by atoms with van der Waals surface area (Å²) in [4.78, 5) is 19.6. The molecule has 0 aliphatic carbocycles. The van der Waals surface area contributed by atoms with Crippen LogP contribution < -0.4 is 15.5 Å². The lowest BCUT2D eigenvalue weighted by Gasteiger charge is -2.32. The molecule has 2 aromatic heterocycles. The van der Waals surface area contributed by atoms with Gasteiger partial charge in [-0.05, 0) is 37.5 Å². The Morgan fingerprint density at radius 2 is 1.82 bits per heavy atom. The summed E-state index contributed by atoms with van der Waals surface area (Å²) in [6.45, 7) is 3.09. The molecule has 9 nitrogen and oxygen atoms in total. The van der Waals surface area contributed by atoms with E-state index in [-0.39, 0.29) is 17.1 Å². The monoisotopic (exact) mass is 471 g/mol. The lowest BCUT2D eigenvalue weighted by Crippen LogP contribution is -2.39. The second-order valence-electron chi connectivity index (χ2n) is 8.08. The van der Waals surface area contributed by atoms with Gasteiger partial charge in [0, 0.05) is 37.8 Å². The number of halogens is 1. The van der Waals surface area contributed by atoms with Crippen molar-refractivity contribution in [2.45, 2.75) is 31.1 Å². The van der Waals surface area contributed by atoms with Gasteiger partial charge in [-0.2, -0.15) is 9.97 Å². The van der Waals surface area contributed by atoms with E-state index in [1.807, 2.05) is 13.0 Å². The van der Waals surface area contributed by atoms with E-state index >= 15 is 0 Å². The summed E-state index contributed by atoms with van der Waals surface area (Å²) in [6.07, 6.45) is 7.14. The highest BCUT2D eigenvalue weighted by Gasteiger charge is 2.27. The third-order valence-electron chi connectivity index (χ3n) is 5.62. The maximum Gasteiger partial charge on any atom is 0.227 e. The number of nitrogens with zero attached hydrogens (tertiary/aromatic N) is 5. The minimum Gasteiger partial charge on any atom is -0.356 e. The first-order valence-electron chi connectivity index (χ1n) is 10.7. The normalized spacial score (nSPS) is 15.8. The molecular formula is C22H26FN7O2S. The summed E-state index contributed by atoms with van der Waals surface area (Å²) in [5.41, 5.74) is 0.891. The first kappa shape index (κ1) is 22.8. The van der Waals surface area contributed by atoms with Crippen molar-refractivity contribution in [1.82, 2.24) is 19.9 Å². The molecule has 3 aromatic rings. The molecule has 1 saturated heterocycles. The Bertz CT molecular complexity index is 1190. The Hall–Kier alpha value is -3.34. The molecule has 0 spiro atoms. The molecule has 11 heteroatoms. The summed E-state index contributed by atoms with van der Waals surface area (Å²) in [6, 6.07) is 7.90. The lowest BCUT2D eigenvalue weighted by molar-refractivity contribution is 0.532. The number of piperidine rings is 1. The van der Waals surface area contributed by atoms with Crippen LogP contribution in [0.3, 0.4) is 0 Å². The Labute approximate surface area is 192 Å². The van der Waals surface area contributed by atoms with Crippen LogP contribution in [0.5, 0.6) is 0 Å². The fourth-order valence-corrected chi connectivity index (χ4v) is 4.83. The zero-order chi connectivity index (χ0) is 23.4. The van der Waals surface area contributed by atoms with E-state index in [0.717, 1.165) is 5.56 Å². The van der Waals surface area contributed by atoms with Gasteiger partial charge in [-0.15, -0.1) is 0 Å². The lowest BCUT2D eigenvalue weighted by atomic mass is 10.1. The number of anilines is 4. The fraction of sp³-hybridized carbons (Fsp3) is 0.364. The fourth-order valence-electron chi connectivity index (χ4n) is 3.76. The van der Waals surface area contributed by atoms with E-state index in [1.54, 1.807) is 30.7 Å². The van der Waals surface area contributed by atoms with Crippen molar-refractivity contribution in [3.8, 4) is 0 Å². The average molecular weight is 472 g/mol. The standard InChI is InChI=1S/C22H26FN7O2S/c1-15(16-3-5-17(23)6-4-16)26-22-28-19(27-20-14-24-9-10-25-20)13-21(29-22)30-11-7-18(8-12-30)33(2,31)32/h3-6,9-10,13-15,18H,7-8,11-12H2,1-2H3,(H2,25,26,27,28,29)/t15-/m0/s1. The van der Waals surface area contributed by atoms with Gasteiger partial charge in [0.25, 0.3) is 0 Å². The van der Waals surface area contributed by atoms with Gasteiger partial charge >= 0.3 is 0 Å². The number of hydrogen-bond donors (Lipinski definition) is 2. The molecule has 0 saturated carbocycles. The largest absolute Gasteiger partial charge is 0.356 e. The van der Waals surface area contributed by atoms with Gasteiger partial charge in [0.2, 0.25) is 5.95 Å². The third kappa shape index (κ3) is 5.92. The van der Waals surface area contributed by atoms with Crippen molar-refractivity contribution in [2.24, 2.45) is 0 Å². The van der Waals surface area contributed by atoms with Crippen LogP contribution in [0.25, 0.3) is 0 Å². The van der Waals surface area contributed by atoms with Crippen LogP contribution in [-0.2, 0) is 9.84 Å². The molecule has 3 heterocycles. The molecule has 1 fully saturated rings. The van der Waals surface area contributed by atoms with E-state index in [9.17, 15) is 12.8 Å². The number of hydrogen-bond acceptors (Lipinski definition) is 9. The summed E-state index contributed by atoms with van der Waals surface area (Å²) in [7, 11) is -3.06. The molecule has 174 valence electrons. The van der Waals surface area contributed by atoms with Crippen molar-refractivity contribution >= 4 is 33.2 Å². The summed E-state index contributed by atoms with van der Waals surface area (Å²) >= 11 is 0. The van der Waals surface area contributed by atoms with Gasteiger partial charge in [-0.3, -0.25) is 4.98 Å². The summed E-state index contributed by atoms with van der Waals surface area (Å²) in [5, 5.41) is 6.08. The van der Waals surface area contributed by atoms with Crippen LogP contribution in [0.1, 0.15) is 31.4 Å². The highest BCUT2D eigenvalue weighted by molar-refractivity contribution is 7.91. The van der Waals surface area contributed by atoms with Gasteiger partial charge in [0.05, 0.1) is 17.5 Å². The third-order valence-corrected chi connectivity index (χ3v) is 7.30. The van der Waals surface area contributed by atoms with E-state index in [1.165, 1.54) is 18.4 Å². The average Bonchev–Trinajstić information content (AvgIpc) is 2.79. The van der Waals surface area contributed by atoms with Crippen LogP contribution in [0.15, 0.2) is 48.9 Å². The number of aromatic nitrogens is 4. The zero-order valence-corrected chi connectivity index (χ0v) is 19.3. The quantitative estimate of drug-likeness (QED) is 0.536. The smallest absolute Gasteiger partial charge is 0.227 e. The molecule has 4 rings (SSSR count). The number of nitrogens with one attached hydrogen (secondary N) is 2. The maximum atomic E-state index is 13.3.